The first kappa shape index (κ1) is 32.5. The van der Waals surface area contributed by atoms with E-state index in [4.69, 9.17) is 0 Å². The summed E-state index contributed by atoms with van der Waals surface area (Å²) in [5, 5.41) is 14.6. The Labute approximate surface area is 263 Å². The number of hydrogen-bond acceptors (Lipinski definition) is 6. The molecule has 0 spiro atoms. The van der Waals surface area contributed by atoms with Crippen LogP contribution >= 0.6 is 11.3 Å². The van der Waals surface area contributed by atoms with Crippen LogP contribution < -0.4 is 10.6 Å². The molecular formula is C35H40N4O4S. The average molecular weight is 613 g/mol. The molecule has 2 heterocycles. The zero-order valence-corrected chi connectivity index (χ0v) is 27.1. The third kappa shape index (κ3) is 8.17. The summed E-state index contributed by atoms with van der Waals surface area (Å²) in [4.78, 5) is 48.3. The number of nitrogens with zero attached hydrogens (tertiary/aromatic N) is 2. The first-order valence-electron chi connectivity index (χ1n) is 14.6. The minimum absolute atomic E-state index is 0.0809. The summed E-state index contributed by atoms with van der Waals surface area (Å²) in [6.07, 6.45) is 3.78. The highest BCUT2D eigenvalue weighted by molar-refractivity contribution is 7.14. The number of benzene rings is 2. The molecule has 0 aliphatic heterocycles. The Morgan fingerprint density at radius 2 is 1.36 bits per heavy atom. The van der Waals surface area contributed by atoms with Crippen molar-refractivity contribution < 1.29 is 19.5 Å². The normalized spacial score (nSPS) is 13.2. The van der Waals surface area contributed by atoms with E-state index in [-0.39, 0.29) is 23.2 Å². The lowest BCUT2D eigenvalue weighted by atomic mass is 9.86. The number of aromatic nitrogens is 2. The second kappa shape index (κ2) is 13.1. The van der Waals surface area contributed by atoms with Crippen LogP contribution in [0.4, 0.5) is 0 Å². The fourth-order valence-corrected chi connectivity index (χ4v) is 5.46. The lowest BCUT2D eigenvalue weighted by Crippen LogP contribution is -2.51. The van der Waals surface area contributed by atoms with E-state index >= 15 is 0 Å². The zero-order chi connectivity index (χ0) is 32.2. The van der Waals surface area contributed by atoms with E-state index in [1.165, 1.54) is 23.8 Å². The molecule has 0 unspecified atom stereocenters. The summed E-state index contributed by atoms with van der Waals surface area (Å²) in [6, 6.07) is 17.5. The van der Waals surface area contributed by atoms with Gasteiger partial charge in [0.2, 0.25) is 5.91 Å². The molecule has 9 heteroatoms. The van der Waals surface area contributed by atoms with E-state index in [9.17, 15) is 19.5 Å². The van der Waals surface area contributed by atoms with Gasteiger partial charge in [-0.2, -0.15) is 0 Å². The maximum Gasteiger partial charge on any atom is 0.325 e. The van der Waals surface area contributed by atoms with Gasteiger partial charge in [-0.3, -0.25) is 14.4 Å². The van der Waals surface area contributed by atoms with Crippen LogP contribution in [0, 0.1) is 0 Å². The van der Waals surface area contributed by atoms with Crippen molar-refractivity contribution in [1.82, 2.24) is 20.6 Å². The number of carboxylic acids is 1. The van der Waals surface area contributed by atoms with Crippen LogP contribution in [0.1, 0.15) is 74.1 Å². The summed E-state index contributed by atoms with van der Waals surface area (Å²) in [5.74, 6) is -1.54. The molecule has 0 aliphatic rings. The van der Waals surface area contributed by atoms with Crippen LogP contribution in [0.25, 0.3) is 22.5 Å². The maximum absolute atomic E-state index is 13.1. The second-order valence-corrected chi connectivity index (χ2v) is 14.1. The molecule has 8 nitrogen and oxygen atoms in total. The summed E-state index contributed by atoms with van der Waals surface area (Å²) in [5.41, 5.74) is 4.79. The number of carbonyl (C=O) groups is 3. The molecule has 2 amide bonds. The number of thiophene rings is 1. The molecule has 0 aliphatic carbocycles. The summed E-state index contributed by atoms with van der Waals surface area (Å²) >= 11 is 1.38. The Kier molecular flexibility index (Phi) is 9.69. The Bertz CT molecular complexity index is 1610. The largest absolute Gasteiger partial charge is 0.480 e. The Morgan fingerprint density at radius 1 is 0.773 bits per heavy atom. The van der Waals surface area contributed by atoms with Crippen molar-refractivity contribution in [2.24, 2.45) is 0 Å². The Morgan fingerprint density at radius 3 is 1.89 bits per heavy atom. The molecule has 0 bridgehead atoms. The minimum Gasteiger partial charge on any atom is -0.480 e. The van der Waals surface area contributed by atoms with Crippen molar-refractivity contribution in [1.29, 1.82) is 0 Å². The first-order chi connectivity index (χ1) is 20.6. The number of carboxylic acid groups (broad SMARTS) is 1. The van der Waals surface area contributed by atoms with Gasteiger partial charge in [-0.05, 0) is 46.6 Å². The fraction of sp³-hybridized carbons (Fsp3) is 0.343. The van der Waals surface area contributed by atoms with Gasteiger partial charge >= 0.3 is 5.97 Å². The molecule has 0 radical (unpaired) electrons. The number of amides is 2. The third-order valence-corrected chi connectivity index (χ3v) is 8.82. The molecule has 0 saturated carbocycles. The highest BCUT2D eigenvalue weighted by Crippen LogP contribution is 2.30. The average Bonchev–Trinajstić information content (AvgIpc) is 3.48. The molecule has 4 aromatic rings. The van der Waals surface area contributed by atoms with Crippen molar-refractivity contribution in [2.45, 2.75) is 77.8 Å². The topological polar surface area (TPSA) is 121 Å². The zero-order valence-electron chi connectivity index (χ0n) is 26.3. The van der Waals surface area contributed by atoms with Gasteiger partial charge in [0.05, 0.1) is 4.88 Å². The van der Waals surface area contributed by atoms with Gasteiger partial charge in [0.25, 0.3) is 5.91 Å². The van der Waals surface area contributed by atoms with Crippen molar-refractivity contribution in [2.75, 3.05) is 0 Å². The number of carbonyl (C=O) groups excluding carboxylic acids is 2. The van der Waals surface area contributed by atoms with Crippen molar-refractivity contribution in [3.8, 4) is 22.5 Å². The number of aliphatic carboxylic acids is 1. The van der Waals surface area contributed by atoms with Gasteiger partial charge in [-0.1, -0.05) is 90.1 Å². The lowest BCUT2D eigenvalue weighted by Gasteiger charge is -2.20. The monoisotopic (exact) mass is 612 g/mol. The van der Waals surface area contributed by atoms with Gasteiger partial charge < -0.3 is 15.7 Å². The molecule has 2 aromatic carbocycles. The quantitative estimate of drug-likeness (QED) is 0.201. The predicted octanol–water partition coefficient (Wildman–Crippen LogP) is 6.40. The van der Waals surface area contributed by atoms with Crippen molar-refractivity contribution >= 4 is 29.1 Å². The van der Waals surface area contributed by atoms with Crippen molar-refractivity contribution in [3.63, 3.8) is 0 Å². The van der Waals surface area contributed by atoms with Gasteiger partial charge in [0, 0.05) is 34.8 Å². The number of rotatable bonds is 9. The molecule has 44 heavy (non-hydrogen) atoms. The van der Waals surface area contributed by atoms with Crippen LogP contribution in [0.15, 0.2) is 73.1 Å². The number of hydrogen-bond donors (Lipinski definition) is 3. The molecule has 0 saturated heterocycles. The summed E-state index contributed by atoms with van der Waals surface area (Å²) in [7, 11) is 0. The maximum atomic E-state index is 13.1. The van der Waals surface area contributed by atoms with E-state index in [1.807, 2.05) is 30.3 Å². The first-order valence-corrected chi connectivity index (χ1v) is 15.4. The molecule has 0 fully saturated rings. The molecule has 2 atom stereocenters. The second-order valence-electron chi connectivity index (χ2n) is 13.0. The minimum atomic E-state index is -1.16. The van der Waals surface area contributed by atoms with Gasteiger partial charge in [-0.15, -0.1) is 11.3 Å². The van der Waals surface area contributed by atoms with E-state index in [1.54, 1.807) is 18.5 Å². The van der Waals surface area contributed by atoms with E-state index in [2.05, 4.69) is 86.4 Å². The summed E-state index contributed by atoms with van der Waals surface area (Å²) in [6.45, 7) is 14.1. The van der Waals surface area contributed by atoms with Gasteiger partial charge in [-0.25, -0.2) is 9.97 Å². The molecule has 3 N–H and O–H groups in total. The third-order valence-electron chi connectivity index (χ3n) is 7.31. The van der Waals surface area contributed by atoms with Gasteiger partial charge in [0.1, 0.15) is 12.1 Å². The van der Waals surface area contributed by atoms with E-state index < -0.39 is 24.0 Å². The lowest BCUT2D eigenvalue weighted by molar-refractivity contribution is -0.141. The molecule has 230 valence electrons. The SMILES string of the molecule is C[C@H](NC(=O)[C@H](Cc1ccc(-c2ncc(-c3ccc(C(C)(C)C)cc3)cn2)cc1)NC(=O)c1ccc(C(C)(C)C)s1)C(=O)O. The van der Waals surface area contributed by atoms with E-state index in [0.29, 0.717) is 10.7 Å². The highest BCUT2D eigenvalue weighted by Gasteiger charge is 2.26. The highest BCUT2D eigenvalue weighted by atomic mass is 32.1. The standard InChI is InChI=1S/C35H40N4O4S/c1-21(33(42)43)38-31(40)27(39-32(41)28-16-17-29(44-28)35(5,6)7)18-22-8-10-24(11-9-22)30-36-19-25(20-37-30)23-12-14-26(15-13-23)34(2,3)4/h8-17,19-21,27H,18H2,1-7H3,(H,38,40)(H,39,41)(H,42,43)/t21-,27-/m0/s1. The van der Waals surface area contributed by atoms with Crippen LogP contribution in [0.3, 0.4) is 0 Å². The fourth-order valence-electron chi connectivity index (χ4n) is 4.49. The van der Waals surface area contributed by atoms with Crippen LogP contribution in [0.5, 0.6) is 0 Å². The van der Waals surface area contributed by atoms with E-state index in [0.717, 1.165) is 27.1 Å². The predicted molar refractivity (Wildman–Crippen MR) is 175 cm³/mol. The Balaban J connectivity index is 1.49. The van der Waals surface area contributed by atoms with Crippen LogP contribution in [-0.4, -0.2) is 44.9 Å². The molecule has 4 rings (SSSR count). The smallest absolute Gasteiger partial charge is 0.325 e. The van der Waals surface area contributed by atoms with Gasteiger partial charge in [0.15, 0.2) is 5.82 Å². The van der Waals surface area contributed by atoms with Crippen molar-refractivity contribution in [3.05, 3.63) is 93.9 Å². The molecular weight excluding hydrogens is 572 g/mol. The summed E-state index contributed by atoms with van der Waals surface area (Å²) < 4.78 is 0. The number of nitrogens with one attached hydrogen (secondary N) is 2. The van der Waals surface area contributed by atoms with Crippen LogP contribution in [-0.2, 0) is 26.8 Å². The molecule has 2 aromatic heterocycles. The van der Waals surface area contributed by atoms with Crippen LogP contribution in [0.2, 0.25) is 0 Å². The Hall–Kier alpha value is -4.37.